The quantitative estimate of drug-likeness (QED) is 0.401. The van der Waals surface area contributed by atoms with E-state index in [2.05, 4.69) is 20.9 Å². The molecule has 4 rings (SSSR count). The smallest absolute Gasteiger partial charge is 0.242 e. The van der Waals surface area contributed by atoms with Crippen LogP contribution in [0.4, 0.5) is 0 Å². The Morgan fingerprint density at radius 2 is 2.09 bits per heavy atom. The van der Waals surface area contributed by atoms with Crippen molar-refractivity contribution in [3.63, 3.8) is 0 Å². The van der Waals surface area contributed by atoms with Crippen LogP contribution in [0.1, 0.15) is 23.8 Å². The van der Waals surface area contributed by atoms with Crippen LogP contribution in [0.5, 0.6) is 0 Å². The number of carbonyl (C=O) groups is 2. The standard InChI is InChI=1S/C22H25Cl2N5O2S.2ClH/c1-12(21(30)27-10-14-6-16-17(23)11-29(2)20(16)26-9-14)28-22(31)18-7-13(8-25-18)5-15-3-4-19(24)32-15;;/h3-4,6,9,11-13,18,25H,5,7-8,10H2,1-2H3,(H,27,30)(H,28,31);2*1H/t12-,13-,18+;;/m0../s1. The van der Waals surface area contributed by atoms with Crippen LogP contribution in [0.15, 0.2) is 30.6 Å². The summed E-state index contributed by atoms with van der Waals surface area (Å²) in [7, 11) is 1.88. The Balaban J connectivity index is 0.00000204. The highest BCUT2D eigenvalue weighted by Gasteiger charge is 2.31. The lowest BCUT2D eigenvalue weighted by molar-refractivity contribution is -0.129. The predicted octanol–water partition coefficient (Wildman–Crippen LogP) is 4.13. The van der Waals surface area contributed by atoms with Crippen LogP contribution in [0.2, 0.25) is 9.36 Å². The number of fused-ring (bicyclic) bond motifs is 1. The first-order valence-corrected chi connectivity index (χ1v) is 12.0. The molecule has 0 saturated carbocycles. The van der Waals surface area contributed by atoms with Crippen molar-refractivity contribution in [1.29, 1.82) is 0 Å². The second-order valence-electron chi connectivity index (χ2n) is 8.22. The first-order chi connectivity index (χ1) is 15.3. The molecule has 12 heteroatoms. The van der Waals surface area contributed by atoms with Gasteiger partial charge in [-0.1, -0.05) is 23.2 Å². The number of halogens is 4. The van der Waals surface area contributed by atoms with Gasteiger partial charge in [-0.25, -0.2) is 4.98 Å². The Morgan fingerprint density at radius 3 is 2.79 bits per heavy atom. The van der Waals surface area contributed by atoms with Crippen molar-refractivity contribution in [2.45, 2.75) is 38.4 Å². The van der Waals surface area contributed by atoms with E-state index in [4.69, 9.17) is 23.2 Å². The van der Waals surface area contributed by atoms with Crippen LogP contribution in [-0.4, -0.2) is 40.0 Å². The molecule has 1 fully saturated rings. The third-order valence-electron chi connectivity index (χ3n) is 5.70. The van der Waals surface area contributed by atoms with Crippen molar-refractivity contribution in [2.24, 2.45) is 13.0 Å². The van der Waals surface area contributed by atoms with Gasteiger partial charge < -0.3 is 20.5 Å². The third kappa shape index (κ3) is 6.77. The van der Waals surface area contributed by atoms with E-state index in [1.807, 2.05) is 29.8 Å². The molecule has 0 aliphatic carbocycles. The fraction of sp³-hybridized carbons (Fsp3) is 0.409. The maximum absolute atomic E-state index is 12.6. The zero-order valence-electron chi connectivity index (χ0n) is 18.6. The third-order valence-corrected chi connectivity index (χ3v) is 7.25. The summed E-state index contributed by atoms with van der Waals surface area (Å²) < 4.78 is 2.64. The van der Waals surface area contributed by atoms with E-state index in [0.29, 0.717) is 17.5 Å². The van der Waals surface area contributed by atoms with Gasteiger partial charge in [-0.15, -0.1) is 36.2 Å². The molecule has 3 N–H and O–H groups in total. The van der Waals surface area contributed by atoms with Gasteiger partial charge in [0.25, 0.3) is 0 Å². The Hall–Kier alpha value is -1.55. The first kappa shape index (κ1) is 28.7. The fourth-order valence-electron chi connectivity index (χ4n) is 3.99. The molecular weight excluding hydrogens is 540 g/mol. The number of hydrogen-bond acceptors (Lipinski definition) is 5. The summed E-state index contributed by atoms with van der Waals surface area (Å²) >= 11 is 13.8. The Labute approximate surface area is 224 Å². The van der Waals surface area contributed by atoms with E-state index < -0.39 is 6.04 Å². The highest BCUT2D eigenvalue weighted by Crippen LogP contribution is 2.27. The average molecular weight is 567 g/mol. The Kier molecular flexibility index (Phi) is 10.5. The van der Waals surface area contributed by atoms with Crippen LogP contribution in [0.3, 0.4) is 0 Å². The average Bonchev–Trinajstić information content (AvgIpc) is 3.46. The maximum Gasteiger partial charge on any atom is 0.242 e. The number of carbonyl (C=O) groups excluding carboxylic acids is 2. The number of nitrogens with one attached hydrogen (secondary N) is 3. The summed E-state index contributed by atoms with van der Waals surface area (Å²) in [5.41, 5.74) is 1.63. The minimum Gasteiger partial charge on any atom is -0.350 e. The van der Waals surface area contributed by atoms with E-state index in [-0.39, 0.29) is 42.7 Å². The van der Waals surface area contributed by atoms with Gasteiger partial charge in [-0.05, 0) is 56.0 Å². The maximum atomic E-state index is 12.6. The van der Waals surface area contributed by atoms with Crippen molar-refractivity contribution in [3.8, 4) is 0 Å². The van der Waals surface area contributed by atoms with Crippen molar-refractivity contribution >= 4 is 82.2 Å². The van der Waals surface area contributed by atoms with Gasteiger partial charge in [0, 0.05) is 36.2 Å². The van der Waals surface area contributed by atoms with E-state index in [1.54, 1.807) is 30.7 Å². The molecule has 7 nitrogen and oxygen atoms in total. The summed E-state index contributed by atoms with van der Waals surface area (Å²) in [6.07, 6.45) is 5.15. The van der Waals surface area contributed by atoms with Gasteiger partial charge in [-0.2, -0.15) is 0 Å². The molecule has 0 bridgehead atoms. The normalized spacial score (nSPS) is 18.1. The zero-order valence-corrected chi connectivity index (χ0v) is 22.6. The van der Waals surface area contributed by atoms with E-state index in [1.165, 1.54) is 4.88 Å². The molecule has 3 aromatic heterocycles. The molecular formula is C22H27Cl4N5O2S. The minimum atomic E-state index is -0.642. The zero-order chi connectivity index (χ0) is 22.8. The molecule has 3 aromatic rings. The number of thiophene rings is 1. The second-order valence-corrected chi connectivity index (χ2v) is 10.4. The number of amides is 2. The van der Waals surface area contributed by atoms with E-state index >= 15 is 0 Å². The first-order valence-electron chi connectivity index (χ1n) is 10.4. The Bertz CT molecular complexity index is 1150. The van der Waals surface area contributed by atoms with Crippen LogP contribution in [0, 0.1) is 5.92 Å². The van der Waals surface area contributed by atoms with Gasteiger partial charge in [0.05, 0.1) is 15.4 Å². The van der Waals surface area contributed by atoms with Crippen molar-refractivity contribution < 1.29 is 9.59 Å². The monoisotopic (exact) mass is 565 g/mol. The van der Waals surface area contributed by atoms with Gasteiger partial charge in [-0.3, -0.25) is 9.59 Å². The van der Waals surface area contributed by atoms with Gasteiger partial charge in [0.1, 0.15) is 11.7 Å². The molecule has 1 aliphatic rings. The summed E-state index contributed by atoms with van der Waals surface area (Å²) in [5, 5.41) is 10.4. The van der Waals surface area contributed by atoms with Gasteiger partial charge >= 0.3 is 0 Å². The predicted molar refractivity (Wildman–Crippen MR) is 143 cm³/mol. The lowest BCUT2D eigenvalue weighted by Gasteiger charge is -2.17. The summed E-state index contributed by atoms with van der Waals surface area (Å²) in [4.78, 5) is 30.8. The van der Waals surface area contributed by atoms with Crippen LogP contribution in [-0.2, 0) is 29.6 Å². The molecule has 4 heterocycles. The Morgan fingerprint density at radius 1 is 1.32 bits per heavy atom. The molecule has 1 aliphatic heterocycles. The van der Waals surface area contributed by atoms with E-state index in [0.717, 1.165) is 40.3 Å². The van der Waals surface area contributed by atoms with Crippen LogP contribution < -0.4 is 16.0 Å². The molecule has 0 spiro atoms. The number of nitrogens with zero attached hydrogens (tertiary/aromatic N) is 2. The topological polar surface area (TPSA) is 88.1 Å². The number of aromatic nitrogens is 2. The molecule has 3 atom stereocenters. The van der Waals surface area contributed by atoms with E-state index in [9.17, 15) is 9.59 Å². The number of hydrogen-bond donors (Lipinski definition) is 3. The lowest BCUT2D eigenvalue weighted by atomic mass is 10.0. The molecule has 186 valence electrons. The van der Waals surface area contributed by atoms with Crippen molar-refractivity contribution in [3.05, 3.63) is 50.4 Å². The second kappa shape index (κ2) is 12.4. The minimum absolute atomic E-state index is 0. The van der Waals surface area contributed by atoms with Crippen molar-refractivity contribution in [2.75, 3.05) is 6.54 Å². The summed E-state index contributed by atoms with van der Waals surface area (Å²) in [6, 6.07) is 4.91. The van der Waals surface area contributed by atoms with Crippen LogP contribution >= 0.6 is 59.4 Å². The summed E-state index contributed by atoms with van der Waals surface area (Å²) in [6.45, 7) is 2.76. The lowest BCUT2D eigenvalue weighted by Crippen LogP contribution is -2.49. The van der Waals surface area contributed by atoms with Gasteiger partial charge in [0.2, 0.25) is 11.8 Å². The number of pyridine rings is 1. The van der Waals surface area contributed by atoms with Gasteiger partial charge in [0.15, 0.2) is 0 Å². The molecule has 0 unspecified atom stereocenters. The molecule has 0 radical (unpaired) electrons. The van der Waals surface area contributed by atoms with Crippen molar-refractivity contribution in [1.82, 2.24) is 25.5 Å². The number of rotatable bonds is 7. The highest BCUT2D eigenvalue weighted by molar-refractivity contribution is 7.16. The van der Waals surface area contributed by atoms with Crippen LogP contribution in [0.25, 0.3) is 11.0 Å². The summed E-state index contributed by atoms with van der Waals surface area (Å²) in [5.74, 6) is -0.0317. The highest BCUT2D eigenvalue weighted by atomic mass is 35.5. The number of aryl methyl sites for hydroxylation is 1. The fourth-order valence-corrected chi connectivity index (χ4v) is 5.47. The SMILES string of the molecule is C[C@H](NC(=O)[C@H]1C[C@H](Cc2ccc(Cl)s2)CN1)C(=O)NCc1cnc2c(c1)c(Cl)cn2C.Cl.Cl. The largest absolute Gasteiger partial charge is 0.350 e. The molecule has 2 amide bonds. The molecule has 34 heavy (non-hydrogen) atoms. The molecule has 1 saturated heterocycles. The molecule has 0 aromatic carbocycles.